The Morgan fingerprint density at radius 1 is 1.47 bits per heavy atom. The Morgan fingerprint density at radius 3 is 2.89 bits per heavy atom. The first kappa shape index (κ1) is 13.5. The summed E-state index contributed by atoms with van der Waals surface area (Å²) in [5.74, 6) is 0.708. The fourth-order valence-electron chi connectivity index (χ4n) is 3.75. The lowest BCUT2D eigenvalue weighted by atomic mass is 9.89. The van der Waals surface area contributed by atoms with Gasteiger partial charge in [0.15, 0.2) is 0 Å². The van der Waals surface area contributed by atoms with Crippen molar-refractivity contribution < 1.29 is 0 Å². The normalized spacial score (nSPS) is 27.4. The van der Waals surface area contributed by atoms with Crippen molar-refractivity contribution in [1.29, 1.82) is 0 Å². The number of thiazole rings is 1. The van der Waals surface area contributed by atoms with E-state index in [0.29, 0.717) is 17.5 Å². The van der Waals surface area contributed by atoms with E-state index < -0.39 is 0 Å². The van der Waals surface area contributed by atoms with Crippen molar-refractivity contribution in [2.75, 3.05) is 13.1 Å². The average Bonchev–Trinajstić information content (AvgIpc) is 3.01. The zero-order valence-corrected chi connectivity index (χ0v) is 12.9. The molecule has 1 N–H and O–H groups in total. The third-order valence-electron chi connectivity index (χ3n) is 4.83. The molecule has 2 aliphatic rings. The summed E-state index contributed by atoms with van der Waals surface area (Å²) in [7, 11) is 0. The van der Waals surface area contributed by atoms with Crippen molar-refractivity contribution in [1.82, 2.24) is 15.2 Å². The van der Waals surface area contributed by atoms with Gasteiger partial charge in [0.2, 0.25) is 0 Å². The van der Waals surface area contributed by atoms with E-state index in [-0.39, 0.29) is 0 Å². The fourth-order valence-corrected chi connectivity index (χ4v) is 4.37. The van der Waals surface area contributed by atoms with E-state index in [1.54, 1.807) is 11.3 Å². The zero-order chi connectivity index (χ0) is 13.3. The second-order valence-corrected chi connectivity index (χ2v) is 7.52. The van der Waals surface area contributed by atoms with E-state index in [1.165, 1.54) is 37.1 Å². The molecule has 0 bridgehead atoms. The second kappa shape index (κ2) is 5.51. The molecule has 1 aromatic heterocycles. The summed E-state index contributed by atoms with van der Waals surface area (Å²) < 4.78 is 0. The van der Waals surface area contributed by atoms with Crippen LogP contribution >= 0.6 is 11.3 Å². The SMILES string of the molecule is CC(C)C1CNC2(CCCC2)CN1Cc1cncs1. The molecule has 19 heavy (non-hydrogen) atoms. The molecular formula is C15H25N3S. The van der Waals surface area contributed by atoms with E-state index in [4.69, 9.17) is 0 Å². The highest BCUT2D eigenvalue weighted by Crippen LogP contribution is 2.35. The average molecular weight is 279 g/mol. The van der Waals surface area contributed by atoms with Gasteiger partial charge < -0.3 is 5.32 Å². The van der Waals surface area contributed by atoms with E-state index in [1.807, 2.05) is 11.7 Å². The van der Waals surface area contributed by atoms with Gasteiger partial charge in [0.1, 0.15) is 0 Å². The standard InChI is InChI=1S/C15H25N3S/c1-12(2)14-8-17-15(5-3-4-6-15)10-18(14)9-13-7-16-11-19-13/h7,11-12,14,17H,3-6,8-10H2,1-2H3. The lowest BCUT2D eigenvalue weighted by Gasteiger charge is -2.47. The molecule has 1 atom stereocenters. The maximum atomic E-state index is 4.22. The Hall–Kier alpha value is -0.450. The summed E-state index contributed by atoms with van der Waals surface area (Å²) in [6.07, 6.45) is 7.54. The van der Waals surface area contributed by atoms with Crippen LogP contribution in [0.15, 0.2) is 11.7 Å². The molecule has 1 saturated carbocycles. The van der Waals surface area contributed by atoms with Crippen LogP contribution in [-0.4, -0.2) is 34.6 Å². The van der Waals surface area contributed by atoms with Crippen LogP contribution in [0, 0.1) is 5.92 Å². The molecule has 106 valence electrons. The maximum absolute atomic E-state index is 4.22. The van der Waals surface area contributed by atoms with Crippen LogP contribution in [0.3, 0.4) is 0 Å². The largest absolute Gasteiger partial charge is 0.308 e. The van der Waals surface area contributed by atoms with E-state index in [9.17, 15) is 0 Å². The summed E-state index contributed by atoms with van der Waals surface area (Å²) in [6, 6.07) is 0.660. The number of nitrogens with one attached hydrogen (secondary N) is 1. The minimum Gasteiger partial charge on any atom is -0.308 e. The molecule has 1 aliphatic heterocycles. The lowest BCUT2D eigenvalue weighted by Crippen LogP contribution is -2.63. The van der Waals surface area contributed by atoms with E-state index in [0.717, 1.165) is 13.1 Å². The predicted octanol–water partition coefficient (Wildman–Crippen LogP) is 2.89. The van der Waals surface area contributed by atoms with Crippen molar-refractivity contribution in [3.8, 4) is 0 Å². The van der Waals surface area contributed by atoms with Crippen molar-refractivity contribution in [2.45, 2.75) is 57.7 Å². The molecule has 2 heterocycles. The van der Waals surface area contributed by atoms with Gasteiger partial charge in [-0.3, -0.25) is 9.88 Å². The Labute approximate surface area is 120 Å². The highest BCUT2D eigenvalue weighted by Gasteiger charge is 2.41. The summed E-state index contributed by atoms with van der Waals surface area (Å²) in [5.41, 5.74) is 2.36. The first-order valence-corrected chi connectivity index (χ1v) is 8.43. The number of piperazine rings is 1. The second-order valence-electron chi connectivity index (χ2n) is 6.55. The van der Waals surface area contributed by atoms with Crippen molar-refractivity contribution in [3.05, 3.63) is 16.6 Å². The third-order valence-corrected chi connectivity index (χ3v) is 5.60. The Bertz CT molecular complexity index is 396. The van der Waals surface area contributed by atoms with Gasteiger partial charge in [-0.2, -0.15) is 0 Å². The summed E-state index contributed by atoms with van der Waals surface area (Å²) in [5, 5.41) is 3.88. The van der Waals surface area contributed by atoms with Crippen LogP contribution in [0.5, 0.6) is 0 Å². The van der Waals surface area contributed by atoms with Gasteiger partial charge in [0.05, 0.1) is 5.51 Å². The van der Waals surface area contributed by atoms with Crippen molar-refractivity contribution in [3.63, 3.8) is 0 Å². The molecule has 1 saturated heterocycles. The van der Waals surface area contributed by atoms with Crippen LogP contribution in [0.4, 0.5) is 0 Å². The van der Waals surface area contributed by atoms with Gasteiger partial charge in [-0.15, -0.1) is 11.3 Å². The van der Waals surface area contributed by atoms with Crippen LogP contribution in [-0.2, 0) is 6.54 Å². The van der Waals surface area contributed by atoms with Gasteiger partial charge in [-0.25, -0.2) is 0 Å². The predicted molar refractivity (Wildman–Crippen MR) is 80.4 cm³/mol. The van der Waals surface area contributed by atoms with Crippen LogP contribution in [0.1, 0.15) is 44.4 Å². The highest BCUT2D eigenvalue weighted by atomic mass is 32.1. The van der Waals surface area contributed by atoms with E-state index >= 15 is 0 Å². The number of rotatable bonds is 3. The maximum Gasteiger partial charge on any atom is 0.0794 e. The molecule has 0 aromatic carbocycles. The Kier molecular flexibility index (Phi) is 3.92. The van der Waals surface area contributed by atoms with Crippen LogP contribution in [0.2, 0.25) is 0 Å². The van der Waals surface area contributed by atoms with Crippen LogP contribution in [0.25, 0.3) is 0 Å². The highest BCUT2D eigenvalue weighted by molar-refractivity contribution is 7.09. The summed E-state index contributed by atoms with van der Waals surface area (Å²) in [4.78, 5) is 8.33. The molecule has 3 nitrogen and oxygen atoms in total. The summed E-state index contributed by atoms with van der Waals surface area (Å²) in [6.45, 7) is 8.14. The molecular weight excluding hydrogens is 254 g/mol. The van der Waals surface area contributed by atoms with Gasteiger partial charge in [-0.05, 0) is 18.8 Å². The van der Waals surface area contributed by atoms with Gasteiger partial charge in [0, 0.05) is 42.3 Å². The van der Waals surface area contributed by atoms with Gasteiger partial charge in [-0.1, -0.05) is 26.7 Å². The smallest absolute Gasteiger partial charge is 0.0794 e. The summed E-state index contributed by atoms with van der Waals surface area (Å²) >= 11 is 1.79. The minimum atomic E-state index is 0.413. The molecule has 1 aliphatic carbocycles. The fraction of sp³-hybridized carbons (Fsp3) is 0.800. The van der Waals surface area contributed by atoms with Gasteiger partial charge in [0.25, 0.3) is 0 Å². The third kappa shape index (κ3) is 2.86. The zero-order valence-electron chi connectivity index (χ0n) is 12.1. The number of aromatic nitrogens is 1. The molecule has 1 spiro atoms. The Morgan fingerprint density at radius 2 is 2.26 bits per heavy atom. The molecule has 1 aromatic rings. The molecule has 3 rings (SSSR count). The molecule has 4 heteroatoms. The van der Waals surface area contributed by atoms with Gasteiger partial charge >= 0.3 is 0 Å². The minimum absolute atomic E-state index is 0.413. The topological polar surface area (TPSA) is 28.2 Å². The van der Waals surface area contributed by atoms with Crippen molar-refractivity contribution in [2.24, 2.45) is 5.92 Å². The molecule has 1 unspecified atom stereocenters. The lowest BCUT2D eigenvalue weighted by molar-refractivity contribution is 0.0514. The molecule has 0 radical (unpaired) electrons. The first-order chi connectivity index (χ1) is 9.19. The monoisotopic (exact) mass is 279 g/mol. The first-order valence-electron chi connectivity index (χ1n) is 7.55. The molecule has 2 fully saturated rings. The number of hydrogen-bond acceptors (Lipinski definition) is 4. The quantitative estimate of drug-likeness (QED) is 0.922. The van der Waals surface area contributed by atoms with E-state index in [2.05, 4.69) is 29.0 Å². The van der Waals surface area contributed by atoms with Crippen molar-refractivity contribution >= 4 is 11.3 Å². The molecule has 0 amide bonds. The number of hydrogen-bond donors (Lipinski definition) is 1. The Balaban J connectivity index is 1.74. The number of nitrogens with zero attached hydrogens (tertiary/aromatic N) is 2. The van der Waals surface area contributed by atoms with Crippen LogP contribution < -0.4 is 5.32 Å².